The maximum atomic E-state index is 13.6. The lowest BCUT2D eigenvalue weighted by Crippen LogP contribution is -2.06. The van der Waals surface area contributed by atoms with E-state index in [0.29, 0.717) is 21.7 Å². The molecule has 2 nitrogen and oxygen atoms in total. The number of hydrogen-bond donors (Lipinski definition) is 0. The van der Waals surface area contributed by atoms with Gasteiger partial charge >= 0.3 is 0 Å². The van der Waals surface area contributed by atoms with E-state index in [2.05, 4.69) is 4.98 Å². The summed E-state index contributed by atoms with van der Waals surface area (Å²) in [5, 5.41) is 0.423. The second-order valence-corrected chi connectivity index (χ2v) is 5.85. The Bertz CT molecular complexity index is 704. The number of nitrogens with zero attached hydrogens (tertiary/aromatic N) is 1. The molecule has 0 aliphatic heterocycles. The van der Waals surface area contributed by atoms with Crippen molar-refractivity contribution in [1.29, 1.82) is 0 Å². The Morgan fingerprint density at radius 3 is 2.50 bits per heavy atom. The van der Waals surface area contributed by atoms with Gasteiger partial charge in [-0.05, 0) is 30.7 Å². The molecule has 1 unspecified atom stereocenters. The summed E-state index contributed by atoms with van der Waals surface area (Å²) in [5.74, 6) is -3.42. The molecule has 1 fully saturated rings. The Hall–Kier alpha value is -1.75. The zero-order valence-electron chi connectivity index (χ0n) is 13.7. The summed E-state index contributed by atoms with van der Waals surface area (Å²) >= 11 is 6.11. The van der Waals surface area contributed by atoms with Crippen LogP contribution < -0.4 is 4.74 Å². The van der Waals surface area contributed by atoms with Gasteiger partial charge in [0, 0.05) is 34.8 Å². The summed E-state index contributed by atoms with van der Waals surface area (Å²) in [4.78, 5) is 4.05. The Morgan fingerprint density at radius 2 is 1.96 bits per heavy atom. The molecule has 0 N–H and O–H groups in total. The van der Waals surface area contributed by atoms with E-state index in [-0.39, 0.29) is 24.7 Å². The van der Waals surface area contributed by atoms with Crippen LogP contribution in [-0.2, 0) is 0 Å². The number of ether oxygens (including phenoxy) is 1. The highest BCUT2D eigenvalue weighted by atomic mass is 35.5. The van der Waals surface area contributed by atoms with Crippen molar-refractivity contribution in [3.8, 4) is 17.0 Å². The number of hydrogen-bond acceptors (Lipinski definition) is 2. The van der Waals surface area contributed by atoms with E-state index >= 15 is 0 Å². The maximum Gasteiger partial charge on any atom is 0.255 e. The smallest absolute Gasteiger partial charge is 0.255 e. The van der Waals surface area contributed by atoms with Crippen molar-refractivity contribution >= 4 is 11.6 Å². The largest absolute Gasteiger partial charge is 0.477 e. The highest BCUT2D eigenvalue weighted by Gasteiger charge is 2.57. The van der Waals surface area contributed by atoms with E-state index < -0.39 is 11.8 Å². The number of aromatic nitrogens is 1. The Morgan fingerprint density at radius 1 is 1.29 bits per heavy atom. The molecular formula is C18H19ClF3NO. The number of aryl methyl sites for hydroxylation is 1. The highest BCUT2D eigenvalue weighted by Crippen LogP contribution is 2.48. The van der Waals surface area contributed by atoms with Crippen LogP contribution in [0.3, 0.4) is 0 Å². The summed E-state index contributed by atoms with van der Waals surface area (Å²) < 4.78 is 44.4. The molecule has 0 bridgehead atoms. The number of alkyl halides is 2. The van der Waals surface area contributed by atoms with Gasteiger partial charge in [-0.25, -0.2) is 18.2 Å². The van der Waals surface area contributed by atoms with Crippen LogP contribution >= 0.6 is 11.6 Å². The second kappa shape index (κ2) is 7.43. The summed E-state index contributed by atoms with van der Waals surface area (Å²) in [7, 11) is 0. The molecule has 130 valence electrons. The van der Waals surface area contributed by atoms with Gasteiger partial charge in [-0.3, -0.25) is 0 Å². The van der Waals surface area contributed by atoms with Gasteiger partial charge in [0.25, 0.3) is 5.92 Å². The lowest BCUT2D eigenvalue weighted by Gasteiger charge is -2.08. The Balaban J connectivity index is 0.00000100. The van der Waals surface area contributed by atoms with Crippen LogP contribution in [0, 0.1) is 18.7 Å². The monoisotopic (exact) mass is 357 g/mol. The van der Waals surface area contributed by atoms with Crippen molar-refractivity contribution in [2.75, 3.05) is 6.61 Å². The minimum absolute atomic E-state index is 0.0563. The third-order valence-corrected chi connectivity index (χ3v) is 4.00. The first kappa shape index (κ1) is 18.6. The lowest BCUT2D eigenvalue weighted by molar-refractivity contribution is 0.0849. The van der Waals surface area contributed by atoms with Crippen molar-refractivity contribution < 1.29 is 17.9 Å². The fraction of sp³-hybridized carbons (Fsp3) is 0.389. The normalized spacial score (nSPS) is 17.7. The van der Waals surface area contributed by atoms with Crippen LogP contribution in [0.2, 0.25) is 5.02 Å². The predicted molar refractivity (Wildman–Crippen MR) is 89.3 cm³/mol. The minimum atomic E-state index is -2.60. The first-order valence-corrected chi connectivity index (χ1v) is 8.17. The predicted octanol–water partition coefficient (Wildman–Crippen LogP) is 5.91. The molecule has 3 rings (SSSR count). The molecule has 1 aliphatic rings. The summed E-state index contributed by atoms with van der Waals surface area (Å²) in [5.41, 5.74) is 1.62. The minimum Gasteiger partial charge on any atom is -0.477 e. The van der Waals surface area contributed by atoms with Crippen LogP contribution in [-0.4, -0.2) is 17.5 Å². The Kier molecular flexibility index (Phi) is 5.75. The van der Waals surface area contributed by atoms with Gasteiger partial charge in [0.2, 0.25) is 5.88 Å². The molecule has 2 aromatic rings. The van der Waals surface area contributed by atoms with E-state index in [1.165, 1.54) is 12.3 Å². The van der Waals surface area contributed by atoms with Gasteiger partial charge in [-0.2, -0.15) is 0 Å². The van der Waals surface area contributed by atoms with Crippen molar-refractivity contribution in [3.63, 3.8) is 0 Å². The third-order valence-electron chi connectivity index (χ3n) is 3.68. The summed E-state index contributed by atoms with van der Waals surface area (Å²) in [6, 6.07) is 6.12. The van der Waals surface area contributed by atoms with Crippen molar-refractivity contribution in [2.24, 2.45) is 5.92 Å². The summed E-state index contributed by atoms with van der Waals surface area (Å²) in [6.07, 6.45) is 1.35. The molecule has 0 radical (unpaired) electrons. The fourth-order valence-electron chi connectivity index (χ4n) is 2.13. The molecule has 24 heavy (non-hydrogen) atoms. The zero-order chi connectivity index (χ0) is 17.9. The number of halogens is 4. The highest BCUT2D eigenvalue weighted by molar-refractivity contribution is 6.33. The first-order valence-electron chi connectivity index (χ1n) is 7.79. The molecular weight excluding hydrogens is 339 g/mol. The molecule has 1 aliphatic carbocycles. The average Bonchev–Trinajstić information content (AvgIpc) is 3.18. The van der Waals surface area contributed by atoms with E-state index in [0.717, 1.165) is 0 Å². The van der Waals surface area contributed by atoms with Crippen molar-refractivity contribution in [3.05, 3.63) is 46.9 Å². The number of rotatable bonds is 4. The molecule has 1 atom stereocenters. The molecule has 1 aromatic carbocycles. The van der Waals surface area contributed by atoms with Crippen LogP contribution in [0.1, 0.15) is 25.8 Å². The van der Waals surface area contributed by atoms with Crippen molar-refractivity contribution in [2.45, 2.75) is 33.1 Å². The van der Waals surface area contributed by atoms with Gasteiger partial charge in [0.15, 0.2) is 0 Å². The lowest BCUT2D eigenvalue weighted by atomic mass is 10.1. The van der Waals surface area contributed by atoms with E-state index in [9.17, 15) is 13.2 Å². The van der Waals surface area contributed by atoms with Gasteiger partial charge in [-0.1, -0.05) is 25.4 Å². The van der Waals surface area contributed by atoms with Crippen LogP contribution in [0.5, 0.6) is 5.88 Å². The van der Waals surface area contributed by atoms with E-state index in [1.807, 2.05) is 13.8 Å². The number of pyridine rings is 1. The van der Waals surface area contributed by atoms with E-state index in [1.54, 1.807) is 25.1 Å². The zero-order valence-corrected chi connectivity index (χ0v) is 14.5. The van der Waals surface area contributed by atoms with Crippen molar-refractivity contribution in [1.82, 2.24) is 4.98 Å². The van der Waals surface area contributed by atoms with Gasteiger partial charge < -0.3 is 4.74 Å². The fourth-order valence-corrected chi connectivity index (χ4v) is 2.46. The molecule has 0 amide bonds. The van der Waals surface area contributed by atoms with Crippen LogP contribution in [0.15, 0.2) is 30.5 Å². The van der Waals surface area contributed by atoms with Crippen LogP contribution in [0.4, 0.5) is 13.2 Å². The molecule has 0 saturated heterocycles. The number of benzene rings is 1. The van der Waals surface area contributed by atoms with Gasteiger partial charge in [-0.15, -0.1) is 0 Å². The standard InChI is InChI=1S/C16H13ClF3NO.C2H6/c1-9-4-13(17)12(5-14(9)18)10-2-3-15(21-7-10)22-8-11-6-16(11,19)20;1-2/h2-5,7,11H,6,8H2,1H3;1-2H3. The Labute approximate surface area is 144 Å². The molecule has 1 aromatic heterocycles. The van der Waals surface area contributed by atoms with Gasteiger partial charge in [0.1, 0.15) is 5.82 Å². The van der Waals surface area contributed by atoms with Crippen LogP contribution in [0.25, 0.3) is 11.1 Å². The molecule has 1 heterocycles. The SMILES string of the molecule is CC.Cc1cc(Cl)c(-c2ccc(OCC3CC3(F)F)nc2)cc1F. The third kappa shape index (κ3) is 4.20. The van der Waals surface area contributed by atoms with E-state index in [4.69, 9.17) is 16.3 Å². The topological polar surface area (TPSA) is 22.1 Å². The van der Waals surface area contributed by atoms with Gasteiger partial charge in [0.05, 0.1) is 12.5 Å². The maximum absolute atomic E-state index is 13.6. The molecule has 1 saturated carbocycles. The second-order valence-electron chi connectivity index (χ2n) is 5.44. The molecule has 6 heteroatoms. The molecule has 0 spiro atoms. The quantitative estimate of drug-likeness (QED) is 0.678. The average molecular weight is 358 g/mol. The first-order chi connectivity index (χ1) is 11.4. The summed E-state index contributed by atoms with van der Waals surface area (Å²) in [6.45, 7) is 5.58.